The number of rotatable bonds is 5. The summed E-state index contributed by atoms with van der Waals surface area (Å²) in [5.74, 6) is 0.588. The van der Waals surface area contributed by atoms with Gasteiger partial charge in [0.1, 0.15) is 5.67 Å². The molecule has 0 spiro atoms. The van der Waals surface area contributed by atoms with Gasteiger partial charge < -0.3 is 14.4 Å². The molecule has 0 saturated carbocycles. The zero-order valence-electron chi connectivity index (χ0n) is 17.3. The van der Waals surface area contributed by atoms with Crippen LogP contribution in [0.15, 0.2) is 42.5 Å². The smallest absolute Gasteiger partial charge is 0.253 e. The highest BCUT2D eigenvalue weighted by atomic mass is 19.1. The number of Topliss-reactive ketones (excluding diaryl/α,β-unsaturated/α-hetero) is 1. The number of likely N-dealkylation sites (tertiary alicyclic amines) is 1. The van der Waals surface area contributed by atoms with E-state index in [9.17, 15) is 9.59 Å². The number of fused-ring (bicyclic) bond motifs is 1. The Labute approximate surface area is 175 Å². The van der Waals surface area contributed by atoms with Crippen molar-refractivity contribution in [3.8, 4) is 11.5 Å². The van der Waals surface area contributed by atoms with Gasteiger partial charge in [-0.2, -0.15) is 0 Å². The molecule has 2 aromatic carbocycles. The maximum absolute atomic E-state index is 15.6. The van der Waals surface area contributed by atoms with Gasteiger partial charge in [-0.15, -0.1) is 0 Å². The van der Waals surface area contributed by atoms with E-state index >= 15 is 4.39 Å². The molecular formula is C24H26FNO4. The van der Waals surface area contributed by atoms with Gasteiger partial charge in [-0.05, 0) is 55.5 Å². The number of carbonyl (C=O) groups excluding carboxylic acids is 2. The van der Waals surface area contributed by atoms with Gasteiger partial charge in [0.15, 0.2) is 17.3 Å². The van der Waals surface area contributed by atoms with E-state index in [0.717, 1.165) is 5.56 Å². The van der Waals surface area contributed by atoms with Crippen LogP contribution in [0.5, 0.6) is 11.5 Å². The number of nitrogens with zero attached hydrogens (tertiary/aromatic N) is 1. The Kier molecular flexibility index (Phi) is 5.50. The Morgan fingerprint density at radius 3 is 2.37 bits per heavy atom. The number of piperidine rings is 1. The Bertz CT molecular complexity index is 951. The first-order valence-electron chi connectivity index (χ1n) is 10.3. The Balaban J connectivity index is 1.41. The second kappa shape index (κ2) is 8.09. The van der Waals surface area contributed by atoms with Crippen LogP contribution in [0.2, 0.25) is 0 Å². The van der Waals surface area contributed by atoms with E-state index in [4.69, 9.17) is 9.47 Å². The van der Waals surface area contributed by atoms with E-state index in [1.54, 1.807) is 30.2 Å². The van der Waals surface area contributed by atoms with Crippen LogP contribution in [0, 0.1) is 5.92 Å². The number of methoxy groups -OCH3 is 2. The van der Waals surface area contributed by atoms with Gasteiger partial charge >= 0.3 is 0 Å². The lowest BCUT2D eigenvalue weighted by Crippen LogP contribution is -2.45. The van der Waals surface area contributed by atoms with Crippen molar-refractivity contribution < 1.29 is 23.5 Å². The van der Waals surface area contributed by atoms with E-state index in [1.807, 2.05) is 24.3 Å². The number of hydrogen-bond acceptors (Lipinski definition) is 4. The van der Waals surface area contributed by atoms with E-state index in [1.165, 1.54) is 7.11 Å². The highest BCUT2D eigenvalue weighted by Crippen LogP contribution is 2.42. The number of carbonyl (C=O) groups is 2. The molecule has 1 saturated heterocycles. The first kappa shape index (κ1) is 20.4. The van der Waals surface area contributed by atoms with Crippen molar-refractivity contribution in [3.05, 3.63) is 59.2 Å². The molecule has 1 atom stereocenters. The minimum atomic E-state index is -1.44. The van der Waals surface area contributed by atoms with Gasteiger partial charge in [0.05, 0.1) is 14.2 Å². The van der Waals surface area contributed by atoms with Gasteiger partial charge in [0, 0.05) is 30.1 Å². The molecule has 1 heterocycles. The Morgan fingerprint density at radius 1 is 1.10 bits per heavy atom. The third kappa shape index (κ3) is 3.78. The van der Waals surface area contributed by atoms with Crippen LogP contribution >= 0.6 is 0 Å². The zero-order chi connectivity index (χ0) is 21.3. The Hall–Kier alpha value is -2.89. The topological polar surface area (TPSA) is 55.8 Å². The molecule has 5 nitrogen and oxygen atoms in total. The summed E-state index contributed by atoms with van der Waals surface area (Å²) >= 11 is 0. The molecule has 1 fully saturated rings. The lowest BCUT2D eigenvalue weighted by atomic mass is 9.82. The van der Waals surface area contributed by atoms with Gasteiger partial charge in [-0.3, -0.25) is 9.59 Å². The van der Waals surface area contributed by atoms with Crippen LogP contribution in [0.4, 0.5) is 4.39 Å². The molecule has 30 heavy (non-hydrogen) atoms. The average molecular weight is 411 g/mol. The summed E-state index contributed by atoms with van der Waals surface area (Å²) in [5, 5.41) is 0. The van der Waals surface area contributed by atoms with Crippen molar-refractivity contribution in [2.45, 2.75) is 31.4 Å². The maximum atomic E-state index is 15.6. The summed E-state index contributed by atoms with van der Waals surface area (Å²) in [4.78, 5) is 27.2. The Morgan fingerprint density at radius 2 is 1.73 bits per heavy atom. The molecule has 0 radical (unpaired) electrons. The summed E-state index contributed by atoms with van der Waals surface area (Å²) in [6.45, 7) is 0.722. The molecule has 0 aromatic heterocycles. The lowest BCUT2D eigenvalue weighted by Gasteiger charge is -2.37. The fraction of sp³-hybridized carbons (Fsp3) is 0.417. The summed E-state index contributed by atoms with van der Waals surface area (Å²) in [6, 6.07) is 12.6. The van der Waals surface area contributed by atoms with Crippen molar-refractivity contribution in [1.82, 2.24) is 4.90 Å². The molecule has 2 aliphatic rings. The molecule has 1 aliphatic carbocycles. The number of halogens is 1. The molecule has 1 amide bonds. The first-order chi connectivity index (χ1) is 14.4. The molecule has 6 heteroatoms. The van der Waals surface area contributed by atoms with Gasteiger partial charge in [0.2, 0.25) is 0 Å². The molecule has 0 bridgehead atoms. The number of ketones is 1. The van der Waals surface area contributed by atoms with Crippen molar-refractivity contribution in [3.63, 3.8) is 0 Å². The highest BCUT2D eigenvalue weighted by Gasteiger charge is 2.42. The largest absolute Gasteiger partial charge is 0.493 e. The van der Waals surface area contributed by atoms with Gasteiger partial charge in [0.25, 0.3) is 5.91 Å². The van der Waals surface area contributed by atoms with Crippen LogP contribution in [-0.2, 0) is 6.42 Å². The molecule has 0 N–H and O–H groups in total. The van der Waals surface area contributed by atoms with E-state index in [2.05, 4.69) is 0 Å². The average Bonchev–Trinajstić information content (AvgIpc) is 3.07. The van der Waals surface area contributed by atoms with Crippen LogP contribution in [0.25, 0.3) is 0 Å². The molecule has 4 rings (SSSR count). The second-order valence-electron chi connectivity index (χ2n) is 8.14. The quantitative estimate of drug-likeness (QED) is 0.744. The number of benzene rings is 2. The fourth-order valence-electron chi connectivity index (χ4n) is 4.58. The van der Waals surface area contributed by atoms with Crippen LogP contribution < -0.4 is 9.47 Å². The minimum Gasteiger partial charge on any atom is -0.493 e. The number of amides is 1. The maximum Gasteiger partial charge on any atom is 0.253 e. The standard InChI is InChI=1S/C24H26FNO4/c1-29-20-13-17-12-18(22(27)19(17)14-21(20)30-2)15-24(25)8-10-26(11-9-24)23(28)16-6-4-3-5-7-16/h3-7,13-14,18H,8-12,15H2,1-2H3. The van der Waals surface area contributed by atoms with Gasteiger partial charge in [-0.25, -0.2) is 4.39 Å². The molecule has 1 aliphatic heterocycles. The van der Waals surface area contributed by atoms with Gasteiger partial charge in [-0.1, -0.05) is 18.2 Å². The van der Waals surface area contributed by atoms with Crippen molar-refractivity contribution in [1.29, 1.82) is 0 Å². The van der Waals surface area contributed by atoms with Crippen LogP contribution in [-0.4, -0.2) is 49.6 Å². The lowest BCUT2D eigenvalue weighted by molar-refractivity contribution is 0.0311. The van der Waals surface area contributed by atoms with Crippen molar-refractivity contribution >= 4 is 11.7 Å². The molecule has 1 unspecified atom stereocenters. The molecule has 158 valence electrons. The number of ether oxygens (including phenoxy) is 2. The predicted molar refractivity (Wildman–Crippen MR) is 111 cm³/mol. The van der Waals surface area contributed by atoms with Crippen LogP contribution in [0.1, 0.15) is 45.5 Å². The SMILES string of the molecule is COc1cc2c(cc1OC)C(=O)C(CC1(F)CCN(C(=O)c3ccccc3)CC1)C2. The predicted octanol–water partition coefficient (Wildman–Crippen LogP) is 4.09. The summed E-state index contributed by atoms with van der Waals surface area (Å²) in [7, 11) is 3.09. The highest BCUT2D eigenvalue weighted by molar-refractivity contribution is 6.03. The van der Waals surface area contributed by atoms with E-state index < -0.39 is 11.6 Å². The first-order valence-corrected chi connectivity index (χ1v) is 10.3. The zero-order valence-corrected chi connectivity index (χ0v) is 17.3. The third-order valence-corrected chi connectivity index (χ3v) is 6.29. The summed E-state index contributed by atoms with van der Waals surface area (Å²) in [6.07, 6.45) is 1.18. The minimum absolute atomic E-state index is 0.0363. The van der Waals surface area contributed by atoms with E-state index in [0.29, 0.717) is 42.1 Å². The third-order valence-electron chi connectivity index (χ3n) is 6.29. The fourth-order valence-corrected chi connectivity index (χ4v) is 4.58. The summed E-state index contributed by atoms with van der Waals surface area (Å²) in [5.41, 5.74) is 0.651. The summed E-state index contributed by atoms with van der Waals surface area (Å²) < 4.78 is 26.2. The van der Waals surface area contributed by atoms with Crippen molar-refractivity contribution in [2.75, 3.05) is 27.3 Å². The van der Waals surface area contributed by atoms with Crippen molar-refractivity contribution in [2.24, 2.45) is 5.92 Å². The second-order valence-corrected chi connectivity index (χ2v) is 8.14. The molecular weight excluding hydrogens is 385 g/mol. The number of hydrogen-bond donors (Lipinski definition) is 0. The normalized spacial score (nSPS) is 20.0. The molecule has 2 aromatic rings. The van der Waals surface area contributed by atoms with Crippen LogP contribution in [0.3, 0.4) is 0 Å². The van der Waals surface area contributed by atoms with E-state index in [-0.39, 0.29) is 31.0 Å². The monoisotopic (exact) mass is 411 g/mol. The number of alkyl halides is 1.